The van der Waals surface area contributed by atoms with E-state index in [0.29, 0.717) is 12.8 Å². The van der Waals surface area contributed by atoms with Crippen LogP contribution < -0.4 is 5.73 Å². The first-order chi connectivity index (χ1) is 10.8. The van der Waals surface area contributed by atoms with E-state index in [9.17, 15) is 19.0 Å². The van der Waals surface area contributed by atoms with Crippen LogP contribution >= 0.6 is 7.82 Å². The maximum Gasteiger partial charge on any atom is 0.472 e. The fourth-order valence-corrected chi connectivity index (χ4v) is 2.18. The van der Waals surface area contributed by atoms with Crippen molar-refractivity contribution < 1.29 is 37.6 Å². The highest BCUT2D eigenvalue weighted by molar-refractivity contribution is 7.47. The number of hydrogen-bond donors (Lipinski definition) is 2. The average molecular weight is 355 g/mol. The lowest BCUT2D eigenvalue weighted by Gasteiger charge is -2.19. The third kappa shape index (κ3) is 12.1. The Morgan fingerprint density at radius 3 is 2.26 bits per heavy atom. The second-order valence-corrected chi connectivity index (χ2v) is 6.13. The molecule has 0 amide bonds. The average Bonchev–Trinajstić information content (AvgIpc) is 2.48. The quantitative estimate of drug-likeness (QED) is 0.368. The fourth-order valence-electron chi connectivity index (χ4n) is 1.41. The Kier molecular flexibility index (Phi) is 11.9. The Morgan fingerprint density at radius 1 is 1.09 bits per heavy atom. The van der Waals surface area contributed by atoms with Crippen LogP contribution in [0.3, 0.4) is 0 Å². The van der Waals surface area contributed by atoms with Crippen LogP contribution in [0.15, 0.2) is 0 Å². The van der Waals surface area contributed by atoms with Crippen molar-refractivity contribution >= 4 is 19.8 Å². The smallest absolute Gasteiger partial charge is 0.462 e. The van der Waals surface area contributed by atoms with Gasteiger partial charge in [-0.15, -0.1) is 0 Å². The van der Waals surface area contributed by atoms with Gasteiger partial charge in [-0.2, -0.15) is 0 Å². The summed E-state index contributed by atoms with van der Waals surface area (Å²) in [5, 5.41) is 0. The standard InChI is InChI=1S/C13H26NO8P/c1-3-5-12(15)19-9-11(22-13(16)6-4-2)10-21-23(17,18)20-8-7-14/h11H,3-10,14H2,1-2H3,(H,17,18). The molecule has 23 heavy (non-hydrogen) atoms. The minimum absolute atomic E-state index is 0.0530. The van der Waals surface area contributed by atoms with Crippen molar-refractivity contribution in [2.75, 3.05) is 26.4 Å². The van der Waals surface area contributed by atoms with E-state index in [2.05, 4.69) is 4.52 Å². The topological polar surface area (TPSA) is 134 Å². The van der Waals surface area contributed by atoms with Crippen LogP contribution in [-0.4, -0.2) is 49.3 Å². The van der Waals surface area contributed by atoms with Crippen LogP contribution in [0.25, 0.3) is 0 Å². The number of hydrogen-bond acceptors (Lipinski definition) is 8. The lowest BCUT2D eigenvalue weighted by Crippen LogP contribution is -2.29. The van der Waals surface area contributed by atoms with Gasteiger partial charge in [0.2, 0.25) is 0 Å². The van der Waals surface area contributed by atoms with E-state index in [1.54, 1.807) is 6.92 Å². The minimum atomic E-state index is -4.29. The van der Waals surface area contributed by atoms with Crippen molar-refractivity contribution in [1.29, 1.82) is 0 Å². The Bertz CT molecular complexity index is 403. The van der Waals surface area contributed by atoms with Gasteiger partial charge in [-0.05, 0) is 12.8 Å². The largest absolute Gasteiger partial charge is 0.472 e. The van der Waals surface area contributed by atoms with Gasteiger partial charge >= 0.3 is 19.8 Å². The highest BCUT2D eigenvalue weighted by atomic mass is 31.2. The van der Waals surface area contributed by atoms with Gasteiger partial charge in [0, 0.05) is 19.4 Å². The summed E-state index contributed by atoms with van der Waals surface area (Å²) in [6.45, 7) is 2.83. The number of nitrogens with two attached hydrogens (primary N) is 1. The molecular formula is C13H26NO8P. The summed E-state index contributed by atoms with van der Waals surface area (Å²) in [5.41, 5.74) is 5.16. The molecule has 3 N–H and O–H groups in total. The molecule has 0 aliphatic heterocycles. The normalized spacial score (nSPS) is 14.8. The SMILES string of the molecule is CCCC(=O)OCC(COP(=O)(O)OCCN)OC(=O)CCC. The van der Waals surface area contributed by atoms with Crippen molar-refractivity contribution in [2.45, 2.75) is 45.6 Å². The summed E-state index contributed by atoms with van der Waals surface area (Å²) < 4.78 is 30.8. The zero-order valence-corrected chi connectivity index (χ0v) is 14.5. The van der Waals surface area contributed by atoms with E-state index < -0.39 is 32.5 Å². The molecule has 0 aromatic rings. The van der Waals surface area contributed by atoms with E-state index in [0.717, 1.165) is 0 Å². The first kappa shape index (κ1) is 22.0. The molecule has 0 aliphatic carbocycles. The van der Waals surface area contributed by atoms with E-state index in [1.165, 1.54) is 0 Å². The third-order valence-corrected chi connectivity index (χ3v) is 3.42. The molecule has 0 rings (SSSR count). The second kappa shape index (κ2) is 12.4. The highest BCUT2D eigenvalue weighted by Gasteiger charge is 2.25. The van der Waals surface area contributed by atoms with Crippen LogP contribution in [0.4, 0.5) is 0 Å². The molecule has 136 valence electrons. The Hall–Kier alpha value is -0.990. The lowest BCUT2D eigenvalue weighted by molar-refractivity contribution is -0.161. The van der Waals surface area contributed by atoms with Crippen LogP contribution in [0.1, 0.15) is 39.5 Å². The van der Waals surface area contributed by atoms with Crippen molar-refractivity contribution in [1.82, 2.24) is 0 Å². The molecular weight excluding hydrogens is 329 g/mol. The monoisotopic (exact) mass is 355 g/mol. The van der Waals surface area contributed by atoms with Gasteiger partial charge in [-0.1, -0.05) is 13.8 Å². The number of carbonyl (C=O) groups excluding carboxylic acids is 2. The summed E-state index contributed by atoms with van der Waals surface area (Å²) in [6.07, 6.45) is 0.625. The molecule has 0 aromatic heterocycles. The predicted octanol–water partition coefficient (Wildman–Crippen LogP) is 1.13. The van der Waals surface area contributed by atoms with Gasteiger partial charge in [0.25, 0.3) is 0 Å². The molecule has 2 unspecified atom stereocenters. The fraction of sp³-hybridized carbons (Fsp3) is 0.846. The van der Waals surface area contributed by atoms with Gasteiger partial charge in [-0.3, -0.25) is 18.6 Å². The molecule has 0 saturated heterocycles. The molecule has 9 nitrogen and oxygen atoms in total. The maximum absolute atomic E-state index is 11.5. The first-order valence-electron chi connectivity index (χ1n) is 7.51. The third-order valence-electron chi connectivity index (χ3n) is 2.43. The molecule has 0 radical (unpaired) electrons. The van der Waals surface area contributed by atoms with Crippen LogP contribution in [0.2, 0.25) is 0 Å². The summed E-state index contributed by atoms with van der Waals surface area (Å²) in [5.74, 6) is -0.959. The first-order valence-corrected chi connectivity index (χ1v) is 9.01. The van der Waals surface area contributed by atoms with Crippen LogP contribution in [-0.2, 0) is 32.7 Å². The Labute approximate surface area is 136 Å². The number of phosphoric ester groups is 1. The van der Waals surface area contributed by atoms with Gasteiger partial charge in [0.15, 0.2) is 6.10 Å². The molecule has 0 saturated carbocycles. The zero-order chi connectivity index (χ0) is 17.7. The summed E-state index contributed by atoms with van der Waals surface area (Å²) in [6, 6.07) is 0. The minimum Gasteiger partial charge on any atom is -0.462 e. The van der Waals surface area contributed by atoms with Crippen LogP contribution in [0, 0.1) is 0 Å². The van der Waals surface area contributed by atoms with Crippen molar-refractivity contribution in [3.05, 3.63) is 0 Å². The molecule has 0 heterocycles. The molecule has 0 aliphatic rings. The Morgan fingerprint density at radius 2 is 1.70 bits per heavy atom. The summed E-state index contributed by atoms with van der Waals surface area (Å²) in [7, 11) is -4.29. The zero-order valence-electron chi connectivity index (χ0n) is 13.6. The van der Waals surface area contributed by atoms with Gasteiger partial charge in [0.05, 0.1) is 13.2 Å². The number of carbonyl (C=O) groups is 2. The van der Waals surface area contributed by atoms with Gasteiger partial charge < -0.3 is 20.1 Å². The van der Waals surface area contributed by atoms with Crippen molar-refractivity contribution in [3.8, 4) is 0 Å². The second-order valence-electron chi connectivity index (χ2n) is 4.68. The number of esters is 2. The molecule has 10 heteroatoms. The maximum atomic E-state index is 11.5. The molecule has 0 fully saturated rings. The molecule has 0 bridgehead atoms. The molecule has 2 atom stereocenters. The summed E-state index contributed by atoms with van der Waals surface area (Å²) >= 11 is 0. The van der Waals surface area contributed by atoms with Crippen molar-refractivity contribution in [3.63, 3.8) is 0 Å². The summed E-state index contributed by atoms with van der Waals surface area (Å²) in [4.78, 5) is 32.3. The van der Waals surface area contributed by atoms with E-state index in [-0.39, 0.29) is 32.6 Å². The van der Waals surface area contributed by atoms with E-state index >= 15 is 0 Å². The van der Waals surface area contributed by atoms with Gasteiger partial charge in [-0.25, -0.2) is 4.57 Å². The van der Waals surface area contributed by atoms with E-state index in [1.807, 2.05) is 6.92 Å². The molecule has 0 spiro atoms. The number of rotatable bonds is 13. The number of phosphoric acid groups is 1. The number of ether oxygens (including phenoxy) is 2. The Balaban J connectivity index is 4.49. The lowest BCUT2D eigenvalue weighted by atomic mass is 10.3. The van der Waals surface area contributed by atoms with Crippen molar-refractivity contribution in [2.24, 2.45) is 5.73 Å². The molecule has 0 aromatic carbocycles. The van der Waals surface area contributed by atoms with E-state index in [4.69, 9.17) is 19.7 Å². The highest BCUT2D eigenvalue weighted by Crippen LogP contribution is 2.43. The van der Waals surface area contributed by atoms with Crippen LogP contribution in [0.5, 0.6) is 0 Å². The van der Waals surface area contributed by atoms with Gasteiger partial charge in [0.1, 0.15) is 6.61 Å². The predicted molar refractivity (Wildman–Crippen MR) is 81.4 cm³/mol.